The molecule has 0 bridgehead atoms. The summed E-state index contributed by atoms with van der Waals surface area (Å²) in [4.78, 5) is 12.3. The molecule has 0 radical (unpaired) electrons. The molecule has 21 heavy (non-hydrogen) atoms. The fourth-order valence-electron chi connectivity index (χ4n) is 2.30. The van der Waals surface area contributed by atoms with Crippen molar-refractivity contribution in [3.63, 3.8) is 0 Å². The molecule has 1 aromatic rings. The summed E-state index contributed by atoms with van der Waals surface area (Å²) in [5.74, 6) is 0.561. The lowest BCUT2D eigenvalue weighted by molar-refractivity contribution is -0.120. The first-order valence-electron chi connectivity index (χ1n) is 7.14. The van der Waals surface area contributed by atoms with Crippen molar-refractivity contribution in [1.29, 1.82) is 0 Å². The molecule has 0 aromatic heterocycles. The van der Waals surface area contributed by atoms with Crippen LogP contribution in [0.4, 0.5) is 5.69 Å². The van der Waals surface area contributed by atoms with E-state index in [4.69, 9.17) is 21.1 Å². The molecule has 5 nitrogen and oxygen atoms in total. The van der Waals surface area contributed by atoms with E-state index in [0.29, 0.717) is 29.7 Å². The Morgan fingerprint density at radius 1 is 1.38 bits per heavy atom. The summed E-state index contributed by atoms with van der Waals surface area (Å²) >= 11 is 6.15. The van der Waals surface area contributed by atoms with Crippen LogP contribution in [0.1, 0.15) is 12.8 Å². The highest BCUT2D eigenvalue weighted by molar-refractivity contribution is 6.32. The van der Waals surface area contributed by atoms with E-state index in [1.807, 2.05) is 0 Å². The van der Waals surface area contributed by atoms with E-state index in [1.165, 1.54) is 0 Å². The van der Waals surface area contributed by atoms with Crippen LogP contribution in [-0.4, -0.2) is 39.3 Å². The molecule has 1 heterocycles. The Morgan fingerprint density at radius 2 is 2.14 bits per heavy atom. The van der Waals surface area contributed by atoms with Crippen molar-refractivity contribution in [2.75, 3.05) is 38.7 Å². The van der Waals surface area contributed by atoms with E-state index in [9.17, 15) is 4.79 Å². The topological polar surface area (TPSA) is 59.6 Å². The number of methoxy groups -OCH3 is 1. The number of rotatable bonds is 6. The second kappa shape index (κ2) is 8.22. The van der Waals surface area contributed by atoms with Crippen LogP contribution in [-0.2, 0) is 9.53 Å². The molecule has 0 unspecified atom stereocenters. The van der Waals surface area contributed by atoms with E-state index >= 15 is 0 Å². The van der Waals surface area contributed by atoms with Gasteiger partial charge in [0.25, 0.3) is 0 Å². The Kier molecular flexibility index (Phi) is 6.29. The fourth-order valence-corrected chi connectivity index (χ4v) is 2.53. The Bertz CT molecular complexity index is 476. The second-order valence-corrected chi connectivity index (χ2v) is 5.38. The number of ether oxygens (including phenoxy) is 2. The van der Waals surface area contributed by atoms with Crippen LogP contribution in [0.3, 0.4) is 0 Å². The second-order valence-electron chi connectivity index (χ2n) is 4.97. The maximum atomic E-state index is 12.3. The fraction of sp³-hybridized carbons (Fsp3) is 0.533. The molecule has 1 aliphatic rings. The molecule has 0 atom stereocenters. The third kappa shape index (κ3) is 4.59. The Labute approximate surface area is 130 Å². The third-order valence-electron chi connectivity index (χ3n) is 3.47. The minimum Gasteiger partial charge on any atom is -0.487 e. The molecule has 1 amide bonds. The zero-order valence-corrected chi connectivity index (χ0v) is 12.9. The van der Waals surface area contributed by atoms with Crippen molar-refractivity contribution in [2.45, 2.75) is 12.8 Å². The zero-order valence-electron chi connectivity index (χ0n) is 12.2. The van der Waals surface area contributed by atoms with Gasteiger partial charge in [-0.15, -0.1) is 0 Å². The minimum atomic E-state index is 0.0235. The summed E-state index contributed by atoms with van der Waals surface area (Å²) in [5.41, 5.74) is 0.613. The first-order chi connectivity index (χ1) is 10.2. The summed E-state index contributed by atoms with van der Waals surface area (Å²) < 4.78 is 10.6. The highest BCUT2D eigenvalue weighted by Gasteiger charge is 2.22. The largest absolute Gasteiger partial charge is 0.487 e. The molecule has 0 aliphatic carbocycles. The van der Waals surface area contributed by atoms with E-state index < -0.39 is 0 Å². The number of anilines is 1. The number of carbonyl (C=O) groups is 1. The summed E-state index contributed by atoms with van der Waals surface area (Å²) in [5, 5.41) is 6.66. The van der Waals surface area contributed by atoms with Crippen LogP contribution >= 0.6 is 11.6 Å². The number of nitrogens with one attached hydrogen (secondary N) is 2. The van der Waals surface area contributed by atoms with Gasteiger partial charge in [-0.1, -0.05) is 17.7 Å². The predicted octanol–water partition coefficient (Wildman–Crippen LogP) is 2.30. The molecule has 1 aliphatic heterocycles. The maximum absolute atomic E-state index is 12.3. The van der Waals surface area contributed by atoms with E-state index in [0.717, 1.165) is 25.9 Å². The Morgan fingerprint density at radius 3 is 2.86 bits per heavy atom. The van der Waals surface area contributed by atoms with Crippen LogP contribution in [0.5, 0.6) is 5.75 Å². The van der Waals surface area contributed by atoms with Crippen LogP contribution in [0.15, 0.2) is 18.2 Å². The summed E-state index contributed by atoms with van der Waals surface area (Å²) in [6, 6.07) is 5.33. The quantitative estimate of drug-likeness (QED) is 0.791. The van der Waals surface area contributed by atoms with Crippen LogP contribution in [0.2, 0.25) is 5.02 Å². The average Bonchev–Trinajstić information content (AvgIpc) is 2.51. The molecule has 1 aromatic carbocycles. The summed E-state index contributed by atoms with van der Waals surface area (Å²) in [7, 11) is 1.61. The van der Waals surface area contributed by atoms with Gasteiger partial charge in [-0.25, -0.2) is 0 Å². The number of piperidine rings is 1. The average molecular weight is 313 g/mol. The maximum Gasteiger partial charge on any atom is 0.227 e. The van der Waals surface area contributed by atoms with Crippen molar-refractivity contribution in [2.24, 2.45) is 5.92 Å². The molecule has 0 spiro atoms. The van der Waals surface area contributed by atoms with Crippen molar-refractivity contribution in [3.8, 4) is 5.75 Å². The number of amides is 1. The van der Waals surface area contributed by atoms with Gasteiger partial charge in [0.05, 0.1) is 17.3 Å². The lowest BCUT2D eigenvalue weighted by Gasteiger charge is -2.22. The molecule has 0 saturated carbocycles. The molecule has 1 fully saturated rings. The third-order valence-corrected chi connectivity index (χ3v) is 3.77. The minimum absolute atomic E-state index is 0.0235. The van der Waals surface area contributed by atoms with E-state index in [2.05, 4.69) is 10.6 Å². The molecule has 2 N–H and O–H groups in total. The molecular formula is C15H21ClN2O3. The number of halogens is 1. The highest BCUT2D eigenvalue weighted by atomic mass is 35.5. The van der Waals surface area contributed by atoms with Gasteiger partial charge in [-0.3, -0.25) is 4.79 Å². The van der Waals surface area contributed by atoms with Crippen molar-refractivity contribution >= 4 is 23.2 Å². The van der Waals surface area contributed by atoms with Gasteiger partial charge >= 0.3 is 0 Å². The van der Waals surface area contributed by atoms with Gasteiger partial charge in [-0.05, 0) is 38.1 Å². The standard InChI is InChI=1S/C15H21ClN2O3/c1-20-9-10-21-14-12(16)3-2-4-13(14)18-15(19)11-5-7-17-8-6-11/h2-4,11,17H,5-10H2,1H3,(H,18,19). The van der Waals surface area contributed by atoms with Gasteiger partial charge in [0.15, 0.2) is 5.75 Å². The van der Waals surface area contributed by atoms with Crippen molar-refractivity contribution < 1.29 is 14.3 Å². The smallest absolute Gasteiger partial charge is 0.227 e. The first-order valence-corrected chi connectivity index (χ1v) is 7.52. The Balaban J connectivity index is 2.04. The number of hydrogen-bond donors (Lipinski definition) is 2. The van der Waals surface area contributed by atoms with Crippen molar-refractivity contribution in [1.82, 2.24) is 5.32 Å². The van der Waals surface area contributed by atoms with Gasteiger partial charge in [-0.2, -0.15) is 0 Å². The molecule has 2 rings (SSSR count). The predicted molar refractivity (Wildman–Crippen MR) is 83.0 cm³/mol. The number of carbonyl (C=O) groups excluding carboxylic acids is 1. The molecule has 1 saturated heterocycles. The zero-order chi connectivity index (χ0) is 15.1. The molecule has 6 heteroatoms. The lowest BCUT2D eigenvalue weighted by Crippen LogP contribution is -2.34. The number of hydrogen-bond acceptors (Lipinski definition) is 4. The monoisotopic (exact) mass is 312 g/mol. The SMILES string of the molecule is COCCOc1c(Cl)cccc1NC(=O)C1CCNCC1. The first kappa shape index (κ1) is 16.1. The molecule has 116 valence electrons. The lowest BCUT2D eigenvalue weighted by atomic mass is 9.97. The number of benzene rings is 1. The van der Waals surface area contributed by atoms with Crippen molar-refractivity contribution in [3.05, 3.63) is 23.2 Å². The van der Waals surface area contributed by atoms with Gasteiger partial charge in [0, 0.05) is 13.0 Å². The van der Waals surface area contributed by atoms with Gasteiger partial charge in [0.1, 0.15) is 6.61 Å². The van der Waals surface area contributed by atoms with Crippen LogP contribution in [0, 0.1) is 5.92 Å². The summed E-state index contributed by atoms with van der Waals surface area (Å²) in [6.07, 6.45) is 1.71. The van der Waals surface area contributed by atoms with E-state index in [1.54, 1.807) is 25.3 Å². The number of para-hydroxylation sites is 1. The normalized spacial score (nSPS) is 15.7. The van der Waals surface area contributed by atoms with E-state index in [-0.39, 0.29) is 11.8 Å². The van der Waals surface area contributed by atoms with Gasteiger partial charge in [0.2, 0.25) is 5.91 Å². The van der Waals surface area contributed by atoms with Crippen LogP contribution in [0.25, 0.3) is 0 Å². The highest BCUT2D eigenvalue weighted by Crippen LogP contribution is 2.33. The van der Waals surface area contributed by atoms with Crippen LogP contribution < -0.4 is 15.4 Å². The molecular weight excluding hydrogens is 292 g/mol. The Hall–Kier alpha value is -1.30. The van der Waals surface area contributed by atoms with Gasteiger partial charge < -0.3 is 20.1 Å². The summed E-state index contributed by atoms with van der Waals surface area (Å²) in [6.45, 7) is 2.61.